The normalized spacial score (nSPS) is 13.8. The fourth-order valence-electron chi connectivity index (χ4n) is 3.78. The van der Waals surface area contributed by atoms with E-state index in [-0.39, 0.29) is 18.4 Å². The van der Waals surface area contributed by atoms with Gasteiger partial charge in [0.25, 0.3) is 11.8 Å². The van der Waals surface area contributed by atoms with E-state index in [9.17, 15) is 9.59 Å². The fraction of sp³-hybridized carbons (Fsp3) is 0.440. The van der Waals surface area contributed by atoms with Crippen molar-refractivity contribution < 1.29 is 28.5 Å². The van der Waals surface area contributed by atoms with Crippen LogP contribution in [0.4, 0.5) is 0 Å². The Hall–Kier alpha value is -3.42. The molecule has 0 aromatic heterocycles. The van der Waals surface area contributed by atoms with Crippen molar-refractivity contribution >= 4 is 11.8 Å². The number of nitrogens with one attached hydrogen (secondary N) is 1. The van der Waals surface area contributed by atoms with Crippen LogP contribution in [0.15, 0.2) is 42.5 Å². The molecule has 1 heterocycles. The Morgan fingerprint density at radius 1 is 0.939 bits per heavy atom. The summed E-state index contributed by atoms with van der Waals surface area (Å²) in [6, 6.07) is 12.4. The third-order valence-electron chi connectivity index (χ3n) is 5.66. The van der Waals surface area contributed by atoms with Crippen molar-refractivity contribution in [1.82, 2.24) is 10.2 Å². The lowest BCUT2D eigenvalue weighted by Gasteiger charge is -2.32. The van der Waals surface area contributed by atoms with Gasteiger partial charge in [0.1, 0.15) is 0 Å². The van der Waals surface area contributed by atoms with Crippen LogP contribution in [-0.4, -0.2) is 63.8 Å². The quantitative estimate of drug-likeness (QED) is 0.591. The predicted octanol–water partition coefficient (Wildman–Crippen LogP) is 3.15. The number of hydrogen-bond acceptors (Lipinski definition) is 6. The summed E-state index contributed by atoms with van der Waals surface area (Å²) in [4.78, 5) is 26.9. The Bertz CT molecular complexity index is 940. The van der Waals surface area contributed by atoms with E-state index in [0.717, 1.165) is 12.8 Å². The summed E-state index contributed by atoms with van der Waals surface area (Å²) in [6.45, 7) is 4.27. The summed E-state index contributed by atoms with van der Waals surface area (Å²) in [7, 11) is 3.10. The second-order valence-electron chi connectivity index (χ2n) is 7.77. The van der Waals surface area contributed by atoms with Crippen LogP contribution in [0.2, 0.25) is 0 Å². The zero-order valence-electron chi connectivity index (χ0n) is 19.5. The minimum absolute atomic E-state index is 0.0230. The van der Waals surface area contributed by atoms with Crippen molar-refractivity contribution in [1.29, 1.82) is 0 Å². The van der Waals surface area contributed by atoms with E-state index in [4.69, 9.17) is 18.9 Å². The molecule has 0 spiro atoms. The monoisotopic (exact) mass is 456 g/mol. The molecule has 0 bridgehead atoms. The number of amides is 2. The van der Waals surface area contributed by atoms with Gasteiger partial charge in [-0.2, -0.15) is 0 Å². The largest absolute Gasteiger partial charge is 0.493 e. The van der Waals surface area contributed by atoms with E-state index < -0.39 is 0 Å². The predicted molar refractivity (Wildman–Crippen MR) is 124 cm³/mol. The van der Waals surface area contributed by atoms with Gasteiger partial charge in [-0.25, -0.2) is 0 Å². The first kappa shape index (κ1) is 24.2. The van der Waals surface area contributed by atoms with Gasteiger partial charge < -0.3 is 29.2 Å². The zero-order chi connectivity index (χ0) is 23.6. The summed E-state index contributed by atoms with van der Waals surface area (Å²) in [5.41, 5.74) is 0.518. The van der Waals surface area contributed by atoms with E-state index >= 15 is 0 Å². The van der Waals surface area contributed by atoms with Gasteiger partial charge >= 0.3 is 0 Å². The number of para-hydroxylation sites is 2. The molecule has 8 heteroatoms. The van der Waals surface area contributed by atoms with Crippen LogP contribution in [-0.2, 0) is 4.79 Å². The molecular formula is C25H32N2O6. The third kappa shape index (κ3) is 6.54. The smallest absolute Gasteiger partial charge is 0.260 e. The highest BCUT2D eigenvalue weighted by atomic mass is 16.5. The molecule has 1 N–H and O–H groups in total. The average molecular weight is 457 g/mol. The van der Waals surface area contributed by atoms with Gasteiger partial charge in [0.2, 0.25) is 0 Å². The lowest BCUT2D eigenvalue weighted by atomic mass is 9.96. The van der Waals surface area contributed by atoms with Crippen LogP contribution in [0.25, 0.3) is 0 Å². The Balaban J connectivity index is 1.42. The Morgan fingerprint density at radius 2 is 1.61 bits per heavy atom. The van der Waals surface area contributed by atoms with Crippen molar-refractivity contribution in [2.45, 2.75) is 19.8 Å². The van der Waals surface area contributed by atoms with Crippen LogP contribution in [0.3, 0.4) is 0 Å². The molecule has 1 fully saturated rings. The first-order valence-corrected chi connectivity index (χ1v) is 11.2. The highest BCUT2D eigenvalue weighted by molar-refractivity contribution is 5.94. The van der Waals surface area contributed by atoms with Crippen molar-refractivity contribution in [3.8, 4) is 23.0 Å². The van der Waals surface area contributed by atoms with Gasteiger partial charge in [-0.15, -0.1) is 0 Å². The maximum atomic E-state index is 12.6. The van der Waals surface area contributed by atoms with Gasteiger partial charge in [-0.3, -0.25) is 9.59 Å². The molecule has 1 aliphatic heterocycles. The summed E-state index contributed by atoms with van der Waals surface area (Å²) in [5.74, 6) is 2.42. The molecule has 2 aromatic carbocycles. The number of methoxy groups -OCH3 is 2. The molecular weight excluding hydrogens is 424 g/mol. The second-order valence-corrected chi connectivity index (χ2v) is 7.77. The number of benzene rings is 2. The third-order valence-corrected chi connectivity index (χ3v) is 5.66. The molecule has 0 unspecified atom stereocenters. The summed E-state index contributed by atoms with van der Waals surface area (Å²) in [5, 5.41) is 2.99. The number of nitrogens with zero attached hydrogens (tertiary/aromatic N) is 1. The SMILES string of the molecule is CCOc1ccccc1OCC(=O)N1CCC(CNC(=O)c2ccc(OC)c(OC)c2)CC1. The fourth-order valence-corrected chi connectivity index (χ4v) is 3.78. The van der Waals surface area contributed by atoms with Gasteiger partial charge in [0.05, 0.1) is 20.8 Å². The number of ether oxygens (including phenoxy) is 4. The maximum Gasteiger partial charge on any atom is 0.260 e. The number of hydrogen-bond donors (Lipinski definition) is 1. The van der Waals surface area contributed by atoms with E-state index in [1.54, 1.807) is 31.4 Å². The Labute approximate surface area is 194 Å². The molecule has 178 valence electrons. The molecule has 1 aliphatic rings. The van der Waals surface area contributed by atoms with Crippen molar-refractivity contribution in [2.75, 3.05) is 47.1 Å². The number of piperidine rings is 1. The first-order chi connectivity index (χ1) is 16.0. The number of likely N-dealkylation sites (tertiary alicyclic amines) is 1. The van der Waals surface area contributed by atoms with Crippen LogP contribution < -0.4 is 24.3 Å². The van der Waals surface area contributed by atoms with Gasteiger partial charge in [-0.1, -0.05) is 12.1 Å². The van der Waals surface area contributed by atoms with E-state index in [1.807, 2.05) is 30.0 Å². The summed E-state index contributed by atoms with van der Waals surface area (Å²) in [6.07, 6.45) is 1.65. The lowest BCUT2D eigenvalue weighted by Crippen LogP contribution is -2.43. The second kappa shape index (κ2) is 12.0. The van der Waals surface area contributed by atoms with Gasteiger partial charge in [0, 0.05) is 25.2 Å². The Morgan fingerprint density at radius 3 is 2.24 bits per heavy atom. The molecule has 8 nitrogen and oxygen atoms in total. The minimum atomic E-state index is -0.157. The molecule has 0 atom stereocenters. The molecule has 0 radical (unpaired) electrons. The molecule has 0 saturated carbocycles. The molecule has 1 saturated heterocycles. The van der Waals surface area contributed by atoms with E-state index in [0.29, 0.717) is 60.7 Å². The van der Waals surface area contributed by atoms with E-state index in [1.165, 1.54) is 7.11 Å². The topological polar surface area (TPSA) is 86.3 Å². The standard InChI is InChI=1S/C25H32N2O6/c1-4-32-21-7-5-6-8-22(21)33-17-24(28)27-13-11-18(12-14-27)16-26-25(29)19-9-10-20(30-2)23(15-19)31-3/h5-10,15,18H,4,11-14,16-17H2,1-3H3,(H,26,29). The molecule has 3 rings (SSSR count). The Kier molecular flexibility index (Phi) is 8.80. The average Bonchev–Trinajstić information content (AvgIpc) is 2.86. The van der Waals surface area contributed by atoms with Crippen LogP contribution in [0.1, 0.15) is 30.1 Å². The molecule has 2 amide bonds. The number of rotatable bonds is 10. The first-order valence-electron chi connectivity index (χ1n) is 11.2. The maximum absolute atomic E-state index is 12.6. The van der Waals surface area contributed by atoms with Crippen molar-refractivity contribution in [2.24, 2.45) is 5.92 Å². The summed E-state index contributed by atoms with van der Waals surface area (Å²) >= 11 is 0. The lowest BCUT2D eigenvalue weighted by molar-refractivity contribution is -0.134. The van der Waals surface area contributed by atoms with E-state index in [2.05, 4.69) is 5.32 Å². The number of carbonyl (C=O) groups is 2. The van der Waals surface area contributed by atoms with Crippen LogP contribution in [0, 0.1) is 5.92 Å². The highest BCUT2D eigenvalue weighted by Gasteiger charge is 2.24. The molecule has 0 aliphatic carbocycles. The van der Waals surface area contributed by atoms with Gasteiger partial charge in [0.15, 0.2) is 29.6 Å². The molecule has 33 heavy (non-hydrogen) atoms. The van der Waals surface area contributed by atoms with Crippen molar-refractivity contribution in [3.05, 3.63) is 48.0 Å². The van der Waals surface area contributed by atoms with Crippen LogP contribution >= 0.6 is 0 Å². The molecule has 2 aromatic rings. The van der Waals surface area contributed by atoms with Crippen molar-refractivity contribution in [3.63, 3.8) is 0 Å². The number of carbonyl (C=O) groups excluding carboxylic acids is 2. The van der Waals surface area contributed by atoms with Gasteiger partial charge in [-0.05, 0) is 56.0 Å². The highest BCUT2D eigenvalue weighted by Crippen LogP contribution is 2.28. The zero-order valence-corrected chi connectivity index (χ0v) is 19.5. The van der Waals surface area contributed by atoms with Crippen LogP contribution in [0.5, 0.6) is 23.0 Å². The minimum Gasteiger partial charge on any atom is -0.493 e. The summed E-state index contributed by atoms with van der Waals surface area (Å²) < 4.78 is 21.7.